The highest BCUT2D eigenvalue weighted by Crippen LogP contribution is 2.31. The van der Waals surface area contributed by atoms with E-state index in [2.05, 4.69) is 20.6 Å². The number of rotatable bonds is 7. The Morgan fingerprint density at radius 1 is 1.21 bits per heavy atom. The summed E-state index contributed by atoms with van der Waals surface area (Å²) in [5.41, 5.74) is 3.11. The maximum absolute atomic E-state index is 12.5. The minimum Gasteiger partial charge on any atom is -0.475 e. The van der Waals surface area contributed by atoms with Crippen molar-refractivity contribution in [2.24, 2.45) is 0 Å². The van der Waals surface area contributed by atoms with Crippen LogP contribution in [0, 0.1) is 6.92 Å². The van der Waals surface area contributed by atoms with Crippen LogP contribution in [0.5, 0.6) is 0 Å². The van der Waals surface area contributed by atoms with Crippen molar-refractivity contribution in [3.05, 3.63) is 82.6 Å². The van der Waals surface area contributed by atoms with Crippen molar-refractivity contribution in [1.82, 2.24) is 19.9 Å². The molecule has 0 saturated heterocycles. The normalized spacial score (nSPS) is 11.7. The summed E-state index contributed by atoms with van der Waals surface area (Å²) in [6.07, 6.45) is 0.127. The third kappa shape index (κ3) is 5.07. The van der Waals surface area contributed by atoms with Gasteiger partial charge in [0, 0.05) is 16.1 Å². The van der Waals surface area contributed by atoms with Crippen molar-refractivity contribution < 1.29 is 24.0 Å². The van der Waals surface area contributed by atoms with Crippen molar-refractivity contribution in [1.29, 1.82) is 0 Å². The third-order valence-electron chi connectivity index (χ3n) is 5.02. The van der Waals surface area contributed by atoms with Gasteiger partial charge in [-0.1, -0.05) is 59.2 Å². The van der Waals surface area contributed by atoms with Gasteiger partial charge < -0.3 is 14.4 Å². The molecule has 0 fully saturated rings. The number of aromatic carboxylic acids is 1. The highest BCUT2D eigenvalue weighted by molar-refractivity contribution is 6.31. The van der Waals surface area contributed by atoms with Gasteiger partial charge in [-0.3, -0.25) is 5.32 Å². The summed E-state index contributed by atoms with van der Waals surface area (Å²) >= 11 is 6.18. The van der Waals surface area contributed by atoms with Gasteiger partial charge >= 0.3 is 12.1 Å². The number of aryl methyl sites for hydroxylation is 1. The van der Waals surface area contributed by atoms with Crippen LogP contribution in [0.1, 0.15) is 40.5 Å². The van der Waals surface area contributed by atoms with Crippen LogP contribution in [0.3, 0.4) is 0 Å². The van der Waals surface area contributed by atoms with Gasteiger partial charge in [0.1, 0.15) is 23.8 Å². The van der Waals surface area contributed by atoms with Crippen LogP contribution in [-0.4, -0.2) is 37.1 Å². The van der Waals surface area contributed by atoms with Crippen LogP contribution < -0.4 is 5.32 Å². The van der Waals surface area contributed by atoms with Gasteiger partial charge in [-0.25, -0.2) is 19.3 Å². The Morgan fingerprint density at radius 2 is 1.94 bits per heavy atom. The molecule has 2 N–H and O–H groups in total. The number of anilines is 1. The minimum atomic E-state index is -1.18. The van der Waals surface area contributed by atoms with Crippen LogP contribution in [-0.2, 0) is 11.3 Å². The van der Waals surface area contributed by atoms with Gasteiger partial charge in [-0.05, 0) is 25.5 Å². The van der Waals surface area contributed by atoms with Crippen molar-refractivity contribution in [2.45, 2.75) is 26.5 Å². The monoisotopic (exact) mass is 481 g/mol. The highest BCUT2D eigenvalue weighted by Gasteiger charge is 2.20. The molecule has 0 radical (unpaired) electrons. The second-order valence-electron chi connectivity index (χ2n) is 7.42. The van der Waals surface area contributed by atoms with Crippen LogP contribution in [0.4, 0.5) is 10.5 Å². The standard InChI is InChI=1S/C23H20ClN5O5/c1-13(17-5-3-4-6-18(17)24)33-23(32)26-19-14(2)34-28-20(19)16-9-7-15(8-10-16)11-29-12-25-21(27-29)22(30)31/h3-10,12-13H,11H2,1-2H3,(H,26,32)(H,30,31). The lowest BCUT2D eigenvalue weighted by Gasteiger charge is -2.15. The summed E-state index contributed by atoms with van der Waals surface area (Å²) in [5, 5.41) is 20.1. The largest absolute Gasteiger partial charge is 0.475 e. The number of carboxylic acid groups (broad SMARTS) is 1. The number of ether oxygens (including phenoxy) is 1. The molecule has 174 valence electrons. The second kappa shape index (κ2) is 9.75. The first kappa shape index (κ1) is 23.0. The molecule has 11 heteroatoms. The van der Waals surface area contributed by atoms with Crippen LogP contribution >= 0.6 is 11.6 Å². The third-order valence-corrected chi connectivity index (χ3v) is 5.36. The van der Waals surface area contributed by atoms with E-state index in [9.17, 15) is 9.59 Å². The van der Waals surface area contributed by atoms with E-state index in [0.29, 0.717) is 39.8 Å². The second-order valence-corrected chi connectivity index (χ2v) is 7.83. The van der Waals surface area contributed by atoms with Gasteiger partial charge in [0.15, 0.2) is 5.76 Å². The molecule has 4 aromatic rings. The lowest BCUT2D eigenvalue weighted by Crippen LogP contribution is -2.17. The Bertz CT molecular complexity index is 1330. The first-order chi connectivity index (χ1) is 16.3. The van der Waals surface area contributed by atoms with Gasteiger partial charge in [-0.15, -0.1) is 5.10 Å². The Morgan fingerprint density at radius 3 is 2.62 bits per heavy atom. The Kier molecular flexibility index (Phi) is 6.60. The zero-order valence-corrected chi connectivity index (χ0v) is 19.0. The maximum Gasteiger partial charge on any atom is 0.412 e. The van der Waals surface area contributed by atoms with Gasteiger partial charge in [0.05, 0.1) is 6.54 Å². The first-order valence-corrected chi connectivity index (χ1v) is 10.6. The predicted octanol–water partition coefficient (Wildman–Crippen LogP) is 4.95. The molecule has 1 amide bonds. The number of carbonyl (C=O) groups excluding carboxylic acids is 1. The molecular formula is C23H20ClN5O5. The summed E-state index contributed by atoms with van der Waals surface area (Å²) < 4.78 is 12.2. The van der Waals surface area contributed by atoms with Gasteiger partial charge in [0.2, 0.25) is 0 Å². The fourth-order valence-electron chi connectivity index (χ4n) is 3.30. The maximum atomic E-state index is 12.5. The Labute approximate surface area is 199 Å². The van der Waals surface area contributed by atoms with Gasteiger partial charge in [0.25, 0.3) is 5.82 Å². The van der Waals surface area contributed by atoms with Crippen LogP contribution in [0.15, 0.2) is 59.4 Å². The van der Waals surface area contributed by atoms with Crippen molar-refractivity contribution in [3.63, 3.8) is 0 Å². The Hall–Kier alpha value is -4.18. The average molecular weight is 482 g/mol. The molecule has 0 bridgehead atoms. The zero-order chi connectivity index (χ0) is 24.2. The molecule has 1 unspecified atom stereocenters. The summed E-state index contributed by atoms with van der Waals surface area (Å²) in [7, 11) is 0. The number of aromatic nitrogens is 4. The van der Waals surface area contributed by atoms with Crippen molar-refractivity contribution in [3.8, 4) is 11.3 Å². The molecule has 0 spiro atoms. The molecule has 0 saturated carbocycles. The van der Waals surface area contributed by atoms with Crippen molar-refractivity contribution >= 4 is 29.4 Å². The van der Waals surface area contributed by atoms with Gasteiger partial charge in [-0.2, -0.15) is 0 Å². The molecule has 34 heavy (non-hydrogen) atoms. The number of nitrogens with one attached hydrogen (secondary N) is 1. The molecule has 2 aromatic carbocycles. The molecule has 0 aliphatic carbocycles. The molecular weight excluding hydrogens is 462 g/mol. The van der Waals surface area contributed by atoms with Crippen LogP contribution in [0.2, 0.25) is 5.02 Å². The topological polar surface area (TPSA) is 132 Å². The highest BCUT2D eigenvalue weighted by atomic mass is 35.5. The summed E-state index contributed by atoms with van der Waals surface area (Å²) in [4.78, 5) is 27.2. The zero-order valence-electron chi connectivity index (χ0n) is 18.2. The Balaban J connectivity index is 1.46. The summed E-state index contributed by atoms with van der Waals surface area (Å²) in [5.74, 6) is -1.03. The summed E-state index contributed by atoms with van der Waals surface area (Å²) in [6.45, 7) is 3.76. The number of benzene rings is 2. The van der Waals surface area contributed by atoms with E-state index in [4.69, 9.17) is 26.0 Å². The van der Waals surface area contributed by atoms with Crippen molar-refractivity contribution in [2.75, 3.05) is 5.32 Å². The molecule has 10 nitrogen and oxygen atoms in total. The lowest BCUT2D eigenvalue weighted by molar-refractivity contribution is 0.0683. The van der Waals surface area contributed by atoms with E-state index in [1.807, 2.05) is 30.3 Å². The number of carboxylic acids is 1. The molecule has 4 rings (SSSR count). The first-order valence-electron chi connectivity index (χ1n) is 10.2. The molecule has 2 heterocycles. The van der Waals surface area contributed by atoms with E-state index < -0.39 is 18.2 Å². The molecule has 0 aliphatic heterocycles. The van der Waals surface area contributed by atoms with E-state index in [1.165, 1.54) is 11.0 Å². The smallest absolute Gasteiger partial charge is 0.412 e. The molecule has 2 aromatic heterocycles. The lowest BCUT2D eigenvalue weighted by atomic mass is 10.1. The number of amides is 1. The molecule has 1 atom stereocenters. The quantitative estimate of drug-likeness (QED) is 0.379. The number of hydrogen-bond donors (Lipinski definition) is 2. The fraction of sp³-hybridized carbons (Fsp3) is 0.174. The fourth-order valence-corrected chi connectivity index (χ4v) is 3.59. The number of carbonyl (C=O) groups is 2. The van der Waals surface area contributed by atoms with E-state index in [-0.39, 0.29) is 5.82 Å². The predicted molar refractivity (Wildman–Crippen MR) is 123 cm³/mol. The number of hydrogen-bond acceptors (Lipinski definition) is 7. The summed E-state index contributed by atoms with van der Waals surface area (Å²) in [6, 6.07) is 14.4. The van der Waals surface area contributed by atoms with E-state index in [0.717, 1.165) is 5.56 Å². The van der Waals surface area contributed by atoms with Crippen LogP contribution in [0.25, 0.3) is 11.3 Å². The number of halogens is 1. The van der Waals surface area contributed by atoms with E-state index in [1.54, 1.807) is 32.0 Å². The SMILES string of the molecule is Cc1onc(-c2ccc(Cn3cnc(C(=O)O)n3)cc2)c1NC(=O)OC(C)c1ccccc1Cl. The molecule has 0 aliphatic rings. The van der Waals surface area contributed by atoms with E-state index >= 15 is 0 Å². The minimum absolute atomic E-state index is 0.263. The number of nitrogens with zero attached hydrogens (tertiary/aromatic N) is 4. The average Bonchev–Trinajstić information content (AvgIpc) is 3.42.